The summed E-state index contributed by atoms with van der Waals surface area (Å²) in [5, 5.41) is 3.64. The summed E-state index contributed by atoms with van der Waals surface area (Å²) in [7, 11) is 0. The molecule has 1 aliphatic carbocycles. The van der Waals surface area contributed by atoms with E-state index in [9.17, 15) is 0 Å². The zero-order chi connectivity index (χ0) is 13.4. The van der Waals surface area contributed by atoms with Crippen LogP contribution >= 0.6 is 0 Å². The Bertz CT molecular complexity index is 330. The number of unbranched alkanes of at least 4 members (excludes halogenated alkanes) is 1. The van der Waals surface area contributed by atoms with Gasteiger partial charge in [0.05, 0.1) is 0 Å². The van der Waals surface area contributed by atoms with E-state index < -0.39 is 0 Å². The minimum absolute atomic E-state index is 0.826. The van der Waals surface area contributed by atoms with E-state index in [0.717, 1.165) is 18.9 Å². The molecule has 0 aliphatic heterocycles. The Balaban J connectivity index is 2.41. The first-order valence-electron chi connectivity index (χ1n) is 7.44. The molecule has 1 nitrogen and oxygen atoms in total. The molecule has 0 fully saturated rings. The number of hydrogen-bond acceptors (Lipinski definition) is 1. The average Bonchev–Trinajstić information content (AvgIpc) is 2.39. The van der Waals surface area contributed by atoms with Gasteiger partial charge in [-0.15, -0.1) is 0 Å². The third-order valence-corrected chi connectivity index (χ3v) is 3.78. The Morgan fingerprint density at radius 1 is 1.33 bits per heavy atom. The molecular formula is C17H29N. The molecule has 0 heterocycles. The molecule has 0 spiro atoms. The second-order valence-corrected chi connectivity index (χ2v) is 5.55. The van der Waals surface area contributed by atoms with Crippen molar-refractivity contribution in [2.45, 2.75) is 59.8 Å². The van der Waals surface area contributed by atoms with Gasteiger partial charge in [-0.05, 0) is 37.8 Å². The Kier molecular flexibility index (Phi) is 6.85. The fraction of sp³-hybridized carbons (Fsp3) is 0.647. The van der Waals surface area contributed by atoms with Crippen LogP contribution < -0.4 is 5.32 Å². The van der Waals surface area contributed by atoms with Gasteiger partial charge in [0, 0.05) is 18.7 Å². The zero-order valence-corrected chi connectivity index (χ0v) is 12.6. The van der Waals surface area contributed by atoms with Gasteiger partial charge in [-0.1, -0.05) is 50.8 Å². The van der Waals surface area contributed by atoms with Gasteiger partial charge in [-0.2, -0.15) is 0 Å². The van der Waals surface area contributed by atoms with Gasteiger partial charge >= 0.3 is 0 Å². The molecule has 18 heavy (non-hydrogen) atoms. The Hall–Kier alpha value is -0.980. The van der Waals surface area contributed by atoms with Crippen molar-refractivity contribution in [3.63, 3.8) is 0 Å². The molecular weight excluding hydrogens is 218 g/mol. The fourth-order valence-corrected chi connectivity index (χ4v) is 2.29. The summed E-state index contributed by atoms with van der Waals surface area (Å²) in [6, 6.07) is 0. The molecule has 1 aliphatic rings. The maximum Gasteiger partial charge on any atom is 0.0172 e. The van der Waals surface area contributed by atoms with Crippen molar-refractivity contribution < 1.29 is 0 Å². The molecule has 0 aromatic rings. The molecule has 0 radical (unpaired) electrons. The minimum atomic E-state index is 0.826. The number of rotatable bonds is 7. The first-order valence-corrected chi connectivity index (χ1v) is 7.44. The van der Waals surface area contributed by atoms with Crippen molar-refractivity contribution >= 4 is 0 Å². The maximum atomic E-state index is 3.64. The predicted octanol–water partition coefficient (Wildman–Crippen LogP) is 4.97. The summed E-state index contributed by atoms with van der Waals surface area (Å²) in [6.45, 7) is 10.1. The smallest absolute Gasteiger partial charge is 0.0172 e. The molecule has 0 saturated carbocycles. The van der Waals surface area contributed by atoms with Crippen LogP contribution in [0.5, 0.6) is 0 Å². The van der Waals surface area contributed by atoms with Crippen LogP contribution in [0.3, 0.4) is 0 Å². The second-order valence-electron chi connectivity index (χ2n) is 5.55. The van der Waals surface area contributed by atoms with E-state index in [1.165, 1.54) is 42.5 Å². The minimum Gasteiger partial charge on any atom is -0.388 e. The van der Waals surface area contributed by atoms with Crippen molar-refractivity contribution in [2.75, 3.05) is 6.54 Å². The molecule has 0 amide bonds. The fourth-order valence-electron chi connectivity index (χ4n) is 2.29. The number of hydrogen-bond donors (Lipinski definition) is 1. The summed E-state index contributed by atoms with van der Waals surface area (Å²) in [5.74, 6) is 0.826. The standard InChI is InChI=1S/C17H29N/c1-5-7-9-15(6-2)13-18-17-11-8-10-16(12-17)14(3)4/h8,10-11,15,18H,5-7,9,12-13H2,1-4H3. The van der Waals surface area contributed by atoms with Gasteiger partial charge in [0.2, 0.25) is 0 Å². The lowest BCUT2D eigenvalue weighted by molar-refractivity contribution is 0.434. The SMILES string of the molecule is CCCCC(CC)CNC1=CC=CC(=C(C)C)C1. The van der Waals surface area contributed by atoms with Gasteiger partial charge in [0.25, 0.3) is 0 Å². The quantitative estimate of drug-likeness (QED) is 0.669. The highest BCUT2D eigenvalue weighted by Crippen LogP contribution is 2.20. The van der Waals surface area contributed by atoms with Crippen molar-refractivity contribution in [1.82, 2.24) is 5.32 Å². The van der Waals surface area contributed by atoms with Crippen LogP contribution in [0, 0.1) is 5.92 Å². The van der Waals surface area contributed by atoms with Crippen LogP contribution in [0.25, 0.3) is 0 Å². The summed E-state index contributed by atoms with van der Waals surface area (Å²) in [4.78, 5) is 0. The summed E-state index contributed by atoms with van der Waals surface area (Å²) in [5.41, 5.74) is 4.27. The van der Waals surface area contributed by atoms with Gasteiger partial charge in [-0.3, -0.25) is 0 Å². The molecule has 102 valence electrons. The summed E-state index contributed by atoms with van der Waals surface area (Å²) in [6.07, 6.45) is 13.0. The van der Waals surface area contributed by atoms with Crippen LogP contribution in [0.1, 0.15) is 59.8 Å². The molecule has 0 bridgehead atoms. The molecule has 1 unspecified atom stereocenters. The van der Waals surface area contributed by atoms with Gasteiger partial charge < -0.3 is 5.32 Å². The molecule has 1 heteroatoms. The highest BCUT2D eigenvalue weighted by Gasteiger charge is 2.09. The Morgan fingerprint density at radius 2 is 2.11 bits per heavy atom. The third kappa shape index (κ3) is 5.12. The van der Waals surface area contributed by atoms with E-state index in [1.807, 2.05) is 0 Å². The van der Waals surface area contributed by atoms with Crippen molar-refractivity contribution in [1.29, 1.82) is 0 Å². The van der Waals surface area contributed by atoms with Crippen molar-refractivity contribution in [3.05, 3.63) is 35.1 Å². The molecule has 0 aromatic heterocycles. The molecule has 0 saturated heterocycles. The predicted molar refractivity (Wildman–Crippen MR) is 81.5 cm³/mol. The van der Waals surface area contributed by atoms with E-state index in [-0.39, 0.29) is 0 Å². The lowest BCUT2D eigenvalue weighted by Crippen LogP contribution is -2.23. The first kappa shape index (κ1) is 15.1. The second kappa shape index (κ2) is 8.18. The Morgan fingerprint density at radius 3 is 2.72 bits per heavy atom. The van der Waals surface area contributed by atoms with Crippen molar-refractivity contribution in [3.8, 4) is 0 Å². The highest BCUT2D eigenvalue weighted by molar-refractivity contribution is 5.36. The number of allylic oxidation sites excluding steroid dienone is 5. The van der Waals surface area contributed by atoms with Crippen LogP contribution in [0.15, 0.2) is 35.1 Å². The maximum absolute atomic E-state index is 3.64. The monoisotopic (exact) mass is 247 g/mol. The van der Waals surface area contributed by atoms with Gasteiger partial charge in [-0.25, -0.2) is 0 Å². The van der Waals surface area contributed by atoms with Crippen LogP contribution in [-0.2, 0) is 0 Å². The molecule has 1 N–H and O–H groups in total. The van der Waals surface area contributed by atoms with E-state index in [0.29, 0.717) is 0 Å². The summed E-state index contributed by atoms with van der Waals surface area (Å²) >= 11 is 0. The topological polar surface area (TPSA) is 12.0 Å². The highest BCUT2D eigenvalue weighted by atomic mass is 14.9. The van der Waals surface area contributed by atoms with Crippen LogP contribution in [-0.4, -0.2) is 6.54 Å². The molecule has 1 atom stereocenters. The average molecular weight is 247 g/mol. The third-order valence-electron chi connectivity index (χ3n) is 3.78. The van der Waals surface area contributed by atoms with E-state index in [1.54, 1.807) is 0 Å². The number of nitrogens with one attached hydrogen (secondary N) is 1. The normalized spacial score (nSPS) is 16.4. The van der Waals surface area contributed by atoms with Gasteiger partial charge in [0.1, 0.15) is 0 Å². The molecule has 1 rings (SSSR count). The summed E-state index contributed by atoms with van der Waals surface area (Å²) < 4.78 is 0. The largest absolute Gasteiger partial charge is 0.388 e. The van der Waals surface area contributed by atoms with Crippen molar-refractivity contribution in [2.24, 2.45) is 5.92 Å². The lowest BCUT2D eigenvalue weighted by Gasteiger charge is -2.20. The zero-order valence-electron chi connectivity index (χ0n) is 12.6. The molecule has 0 aromatic carbocycles. The van der Waals surface area contributed by atoms with Gasteiger partial charge in [0.15, 0.2) is 0 Å². The van der Waals surface area contributed by atoms with Crippen LogP contribution in [0.2, 0.25) is 0 Å². The van der Waals surface area contributed by atoms with E-state index in [2.05, 4.69) is 51.2 Å². The van der Waals surface area contributed by atoms with Crippen LogP contribution in [0.4, 0.5) is 0 Å². The Labute approximate surface area is 113 Å². The lowest BCUT2D eigenvalue weighted by atomic mass is 9.97. The first-order chi connectivity index (χ1) is 8.67. The van der Waals surface area contributed by atoms with E-state index >= 15 is 0 Å². The van der Waals surface area contributed by atoms with E-state index in [4.69, 9.17) is 0 Å².